The summed E-state index contributed by atoms with van der Waals surface area (Å²) in [6, 6.07) is 19.9. The second-order valence-corrected chi connectivity index (χ2v) is 8.95. The number of anilines is 5. The van der Waals surface area contributed by atoms with Crippen LogP contribution in [0.4, 0.5) is 33.2 Å². The molecular weight excluding hydrogens is 438 g/mol. The zero-order chi connectivity index (χ0) is 24.4. The third-order valence-corrected chi connectivity index (χ3v) is 6.46. The molecule has 8 heteroatoms. The number of benzene rings is 2. The summed E-state index contributed by atoms with van der Waals surface area (Å²) in [6.07, 6.45) is 6.11. The highest BCUT2D eigenvalue weighted by atomic mass is 16.2. The Morgan fingerprint density at radius 3 is 2.26 bits per heavy atom. The first-order valence-corrected chi connectivity index (χ1v) is 11.8. The summed E-state index contributed by atoms with van der Waals surface area (Å²) in [6.45, 7) is 3.01. The van der Waals surface area contributed by atoms with E-state index >= 15 is 0 Å². The van der Waals surface area contributed by atoms with Gasteiger partial charge < -0.3 is 26.2 Å². The first kappa shape index (κ1) is 22.5. The Labute approximate surface area is 205 Å². The minimum Gasteiger partial charge on any atom is -0.399 e. The predicted octanol–water partition coefficient (Wildman–Crippen LogP) is 3.17. The van der Waals surface area contributed by atoms with Crippen LogP contribution < -0.4 is 30.4 Å². The van der Waals surface area contributed by atoms with Gasteiger partial charge in [0.15, 0.2) is 18.6 Å². The number of hydrogen-bond acceptors (Lipinski definition) is 4. The number of hydrogen-bond donors (Lipinski definition) is 3. The highest BCUT2D eigenvalue weighted by molar-refractivity contribution is 5.93. The Hall–Kier alpha value is -4.33. The number of aryl methyl sites for hydroxylation is 2. The summed E-state index contributed by atoms with van der Waals surface area (Å²) in [4.78, 5) is 17.0. The Kier molecular flexibility index (Phi) is 6.10. The lowest BCUT2D eigenvalue weighted by molar-refractivity contribution is -0.671. The van der Waals surface area contributed by atoms with Crippen molar-refractivity contribution in [3.05, 3.63) is 79.3 Å². The number of fused-ring (bicyclic) bond motifs is 1. The SMILES string of the molecule is C[n+]1ccc(N2CCN(C(=O)Nc3ccc(Nc4cc[n+](C)c5ccc(N)cc45)cc3)CC2)cc1. The van der Waals surface area contributed by atoms with Crippen LogP contribution >= 0.6 is 0 Å². The molecule has 2 aromatic heterocycles. The van der Waals surface area contributed by atoms with Gasteiger partial charge in [-0.15, -0.1) is 0 Å². The Morgan fingerprint density at radius 1 is 0.857 bits per heavy atom. The number of rotatable bonds is 4. The average molecular weight is 470 g/mol. The predicted molar refractivity (Wildman–Crippen MR) is 140 cm³/mol. The van der Waals surface area contributed by atoms with Crippen LogP contribution in [-0.2, 0) is 14.1 Å². The van der Waals surface area contributed by atoms with Gasteiger partial charge in [-0.3, -0.25) is 0 Å². The van der Waals surface area contributed by atoms with Crippen molar-refractivity contribution in [3.63, 3.8) is 0 Å². The quantitative estimate of drug-likeness (QED) is 0.317. The summed E-state index contributed by atoms with van der Waals surface area (Å²) in [5.41, 5.74) is 11.7. The smallest absolute Gasteiger partial charge is 0.321 e. The zero-order valence-electron chi connectivity index (χ0n) is 20.1. The van der Waals surface area contributed by atoms with Crippen molar-refractivity contribution in [2.24, 2.45) is 14.1 Å². The lowest BCUT2D eigenvalue weighted by Crippen LogP contribution is -2.50. The lowest BCUT2D eigenvalue weighted by Gasteiger charge is -2.35. The Morgan fingerprint density at radius 2 is 1.54 bits per heavy atom. The molecule has 5 rings (SSSR count). The molecule has 0 unspecified atom stereocenters. The van der Waals surface area contributed by atoms with Crippen molar-refractivity contribution in [1.29, 1.82) is 0 Å². The maximum absolute atomic E-state index is 12.8. The van der Waals surface area contributed by atoms with Crippen molar-refractivity contribution in [2.45, 2.75) is 0 Å². The number of nitrogens with zero attached hydrogens (tertiary/aromatic N) is 4. The number of aromatic nitrogens is 2. The second kappa shape index (κ2) is 9.50. The molecule has 0 spiro atoms. The van der Waals surface area contributed by atoms with Gasteiger partial charge in [0.1, 0.15) is 14.1 Å². The fraction of sp³-hybridized carbons (Fsp3) is 0.222. The van der Waals surface area contributed by atoms with Crippen LogP contribution in [0, 0.1) is 0 Å². The van der Waals surface area contributed by atoms with Gasteiger partial charge in [0.25, 0.3) is 0 Å². The number of amides is 2. The summed E-state index contributed by atoms with van der Waals surface area (Å²) in [7, 11) is 4.02. The van der Waals surface area contributed by atoms with E-state index in [1.165, 1.54) is 5.69 Å². The van der Waals surface area contributed by atoms with Crippen molar-refractivity contribution in [3.8, 4) is 0 Å². The van der Waals surface area contributed by atoms with Gasteiger partial charge in [0.2, 0.25) is 5.52 Å². The fourth-order valence-electron chi connectivity index (χ4n) is 4.41. The molecule has 3 heterocycles. The topological polar surface area (TPSA) is 81.4 Å². The molecule has 0 saturated carbocycles. The molecule has 178 valence electrons. The molecule has 1 aliphatic heterocycles. The molecule has 0 atom stereocenters. The van der Waals surface area contributed by atoms with E-state index in [0.29, 0.717) is 13.1 Å². The molecule has 35 heavy (non-hydrogen) atoms. The molecule has 0 bridgehead atoms. The van der Waals surface area contributed by atoms with E-state index < -0.39 is 0 Å². The summed E-state index contributed by atoms with van der Waals surface area (Å²) >= 11 is 0. The van der Waals surface area contributed by atoms with Crippen LogP contribution in [0.25, 0.3) is 10.9 Å². The molecule has 0 radical (unpaired) electrons. The number of nitrogens with one attached hydrogen (secondary N) is 2. The van der Waals surface area contributed by atoms with Gasteiger partial charge in [-0.25, -0.2) is 13.9 Å². The van der Waals surface area contributed by atoms with Gasteiger partial charge in [-0.1, -0.05) is 0 Å². The number of carbonyl (C=O) groups is 1. The lowest BCUT2D eigenvalue weighted by atomic mass is 10.1. The number of urea groups is 1. The fourth-order valence-corrected chi connectivity index (χ4v) is 4.41. The van der Waals surface area contributed by atoms with E-state index in [0.717, 1.165) is 46.7 Å². The first-order chi connectivity index (χ1) is 17.0. The van der Waals surface area contributed by atoms with E-state index in [1.54, 1.807) is 0 Å². The monoisotopic (exact) mass is 469 g/mol. The van der Waals surface area contributed by atoms with Gasteiger partial charge in [-0.2, -0.15) is 0 Å². The molecule has 4 aromatic rings. The second-order valence-electron chi connectivity index (χ2n) is 8.95. The molecule has 8 nitrogen and oxygen atoms in total. The summed E-state index contributed by atoms with van der Waals surface area (Å²) in [5.74, 6) is 0. The van der Waals surface area contributed by atoms with E-state index in [1.807, 2.05) is 90.7 Å². The Bertz CT molecular complexity index is 1340. The van der Waals surface area contributed by atoms with E-state index in [2.05, 4.69) is 32.2 Å². The highest BCUT2D eigenvalue weighted by Gasteiger charge is 2.21. The van der Waals surface area contributed by atoms with E-state index in [9.17, 15) is 4.79 Å². The molecule has 0 aliphatic carbocycles. The van der Waals surface area contributed by atoms with Crippen LogP contribution in [0.2, 0.25) is 0 Å². The number of carbonyl (C=O) groups excluding carboxylic acids is 1. The van der Waals surface area contributed by atoms with Gasteiger partial charge in [0, 0.05) is 73.2 Å². The van der Waals surface area contributed by atoms with Gasteiger partial charge >= 0.3 is 6.03 Å². The normalized spacial score (nSPS) is 13.7. The molecule has 2 aromatic carbocycles. The molecule has 1 fully saturated rings. The van der Waals surface area contributed by atoms with Crippen LogP contribution in [0.15, 0.2) is 79.3 Å². The van der Waals surface area contributed by atoms with Crippen molar-refractivity contribution >= 4 is 45.4 Å². The van der Waals surface area contributed by atoms with Crippen LogP contribution in [-0.4, -0.2) is 37.1 Å². The molecule has 1 saturated heterocycles. The molecule has 4 N–H and O–H groups in total. The van der Waals surface area contributed by atoms with E-state index in [4.69, 9.17) is 5.73 Å². The molecule has 1 aliphatic rings. The van der Waals surface area contributed by atoms with Crippen LogP contribution in [0.3, 0.4) is 0 Å². The van der Waals surface area contributed by atoms with Crippen molar-refractivity contribution in [1.82, 2.24) is 4.90 Å². The maximum atomic E-state index is 12.8. The number of nitrogens with two attached hydrogens (primary N) is 1. The highest BCUT2D eigenvalue weighted by Crippen LogP contribution is 2.27. The molecular formula is C27H31N7O+2. The zero-order valence-corrected chi connectivity index (χ0v) is 20.1. The summed E-state index contributed by atoms with van der Waals surface area (Å²) < 4.78 is 4.09. The van der Waals surface area contributed by atoms with Crippen molar-refractivity contribution < 1.29 is 13.9 Å². The van der Waals surface area contributed by atoms with Crippen LogP contribution in [0.1, 0.15) is 0 Å². The minimum atomic E-state index is -0.0677. The van der Waals surface area contributed by atoms with Crippen molar-refractivity contribution in [2.75, 3.05) is 47.4 Å². The van der Waals surface area contributed by atoms with Gasteiger partial charge in [-0.05, 0) is 36.4 Å². The standard InChI is InChI=1S/C27H29N7O/c1-31-12-9-23(10-13-31)33-15-17-34(18-16-33)27(35)30-22-6-4-21(5-7-22)29-25-11-14-32(2)26-8-3-20(28)19-24(25)26/h3-14,19H,15-18,28H2,1-2H3/p+2. The number of nitrogen functional groups attached to an aromatic ring is 1. The first-order valence-electron chi connectivity index (χ1n) is 11.8. The third kappa shape index (κ3) is 4.96. The molecule has 2 amide bonds. The number of pyridine rings is 2. The van der Waals surface area contributed by atoms with E-state index in [-0.39, 0.29) is 6.03 Å². The average Bonchev–Trinajstić information content (AvgIpc) is 2.87. The maximum Gasteiger partial charge on any atom is 0.321 e. The summed E-state index contributed by atoms with van der Waals surface area (Å²) in [5, 5.41) is 7.55. The third-order valence-electron chi connectivity index (χ3n) is 6.46. The largest absolute Gasteiger partial charge is 0.399 e. The van der Waals surface area contributed by atoms with Crippen LogP contribution in [0.5, 0.6) is 0 Å². The van der Waals surface area contributed by atoms with Gasteiger partial charge in [0.05, 0.1) is 11.1 Å². The number of piperazine rings is 1. The minimum absolute atomic E-state index is 0.0677. The Balaban J connectivity index is 1.20.